The number of hydrogen-bond acceptors (Lipinski definition) is 2. The minimum Gasteiger partial charge on any atom is -0.335 e. The van der Waals surface area contributed by atoms with E-state index in [4.69, 9.17) is 0 Å². The highest BCUT2D eigenvalue weighted by Gasteiger charge is 2.25. The Bertz CT molecular complexity index is 518. The Morgan fingerprint density at radius 3 is 2.32 bits per heavy atom. The van der Waals surface area contributed by atoms with Gasteiger partial charge < -0.3 is 10.2 Å². The monoisotopic (exact) mass is 302 g/mol. The average molecular weight is 302 g/mol. The minimum absolute atomic E-state index is 0.0266. The molecule has 0 aliphatic heterocycles. The van der Waals surface area contributed by atoms with Crippen LogP contribution in [0.5, 0.6) is 0 Å². The maximum atomic E-state index is 12.5. The van der Waals surface area contributed by atoms with Crippen LogP contribution in [0.15, 0.2) is 24.3 Å². The van der Waals surface area contributed by atoms with Crippen LogP contribution in [-0.2, 0) is 0 Å². The van der Waals surface area contributed by atoms with E-state index >= 15 is 0 Å². The van der Waals surface area contributed by atoms with Gasteiger partial charge in [-0.15, -0.1) is 0 Å². The molecule has 1 fully saturated rings. The molecule has 1 aromatic rings. The van der Waals surface area contributed by atoms with E-state index in [1.54, 1.807) is 14.0 Å². The Hall–Kier alpha value is -1.84. The summed E-state index contributed by atoms with van der Waals surface area (Å²) in [6, 6.07) is 7.11. The van der Waals surface area contributed by atoms with Gasteiger partial charge in [-0.25, -0.2) is 4.79 Å². The van der Waals surface area contributed by atoms with Crippen molar-refractivity contribution in [3.05, 3.63) is 35.4 Å². The van der Waals surface area contributed by atoms with Crippen LogP contribution in [0, 0.1) is 6.92 Å². The van der Waals surface area contributed by atoms with Crippen LogP contribution < -0.4 is 5.32 Å². The molecule has 1 atom stereocenters. The van der Waals surface area contributed by atoms with Crippen LogP contribution in [0.2, 0.25) is 0 Å². The van der Waals surface area contributed by atoms with E-state index in [1.807, 2.05) is 31.2 Å². The van der Waals surface area contributed by atoms with Crippen molar-refractivity contribution in [1.29, 1.82) is 0 Å². The second-order valence-electron chi connectivity index (χ2n) is 6.30. The fourth-order valence-corrected chi connectivity index (χ4v) is 2.83. The highest BCUT2D eigenvalue weighted by Crippen LogP contribution is 2.18. The summed E-state index contributed by atoms with van der Waals surface area (Å²) in [5.74, 6) is -0.0266. The van der Waals surface area contributed by atoms with Gasteiger partial charge in [0.15, 0.2) is 5.78 Å². The molecule has 120 valence electrons. The number of ketones is 1. The number of likely N-dealkylation sites (N-methyl/N-ethyl adjacent to an activating group) is 1. The number of benzene rings is 1. The van der Waals surface area contributed by atoms with Gasteiger partial charge >= 0.3 is 6.03 Å². The zero-order chi connectivity index (χ0) is 16.1. The van der Waals surface area contributed by atoms with E-state index in [-0.39, 0.29) is 17.9 Å². The van der Waals surface area contributed by atoms with E-state index in [0.717, 1.165) is 18.4 Å². The number of carbonyl (C=O) groups is 2. The van der Waals surface area contributed by atoms with Crippen molar-refractivity contribution in [2.45, 2.75) is 58.0 Å². The van der Waals surface area contributed by atoms with Gasteiger partial charge in [0.25, 0.3) is 0 Å². The van der Waals surface area contributed by atoms with E-state index in [2.05, 4.69) is 5.32 Å². The lowest BCUT2D eigenvalue weighted by atomic mass is 9.96. The third kappa shape index (κ3) is 4.09. The first-order valence-corrected chi connectivity index (χ1v) is 8.13. The van der Waals surface area contributed by atoms with Gasteiger partial charge in [-0.2, -0.15) is 0 Å². The summed E-state index contributed by atoms with van der Waals surface area (Å²) in [5, 5.41) is 3.05. The second kappa shape index (κ2) is 7.43. The fourth-order valence-electron chi connectivity index (χ4n) is 2.83. The number of hydrogen-bond donors (Lipinski definition) is 1. The van der Waals surface area contributed by atoms with Crippen LogP contribution in [0.4, 0.5) is 4.79 Å². The molecule has 4 heteroatoms. The van der Waals surface area contributed by atoms with E-state index < -0.39 is 6.04 Å². The van der Waals surface area contributed by atoms with Crippen molar-refractivity contribution in [3.8, 4) is 0 Å². The molecule has 22 heavy (non-hydrogen) atoms. The normalized spacial score (nSPS) is 16.9. The first kappa shape index (κ1) is 16.5. The highest BCUT2D eigenvalue weighted by atomic mass is 16.2. The minimum atomic E-state index is -0.466. The molecule has 1 saturated carbocycles. The van der Waals surface area contributed by atoms with E-state index in [0.29, 0.717) is 5.56 Å². The Balaban J connectivity index is 1.94. The van der Waals surface area contributed by atoms with Crippen molar-refractivity contribution in [1.82, 2.24) is 10.2 Å². The first-order chi connectivity index (χ1) is 10.5. The number of carbonyl (C=O) groups excluding carboxylic acids is 2. The maximum absolute atomic E-state index is 12.5. The van der Waals surface area contributed by atoms with Crippen LogP contribution in [0.1, 0.15) is 54.9 Å². The lowest BCUT2D eigenvalue weighted by molar-refractivity contribution is 0.0884. The molecular formula is C18H26N2O2. The SMILES string of the molecule is Cc1ccc(C(=O)C(C)N(C)C(=O)NC2CCCCC2)cc1. The van der Waals surface area contributed by atoms with Gasteiger partial charge in [0.05, 0.1) is 6.04 Å². The Morgan fingerprint density at radius 1 is 1.14 bits per heavy atom. The number of nitrogens with one attached hydrogen (secondary N) is 1. The Morgan fingerprint density at radius 2 is 1.73 bits per heavy atom. The topological polar surface area (TPSA) is 49.4 Å². The summed E-state index contributed by atoms with van der Waals surface area (Å²) in [5.41, 5.74) is 1.77. The van der Waals surface area contributed by atoms with Gasteiger partial charge in [0, 0.05) is 18.7 Å². The second-order valence-corrected chi connectivity index (χ2v) is 6.30. The Kier molecular flexibility index (Phi) is 5.58. The largest absolute Gasteiger partial charge is 0.335 e. The summed E-state index contributed by atoms with van der Waals surface area (Å²) in [6.07, 6.45) is 5.68. The molecule has 1 aliphatic rings. The molecule has 0 heterocycles. The van der Waals surface area contributed by atoms with Crippen molar-refractivity contribution in [2.75, 3.05) is 7.05 Å². The molecule has 0 spiro atoms. The molecule has 2 amide bonds. The van der Waals surface area contributed by atoms with E-state index in [1.165, 1.54) is 24.2 Å². The number of amides is 2. The van der Waals surface area contributed by atoms with Crippen LogP contribution in [0.3, 0.4) is 0 Å². The summed E-state index contributed by atoms with van der Waals surface area (Å²) in [4.78, 5) is 26.3. The zero-order valence-corrected chi connectivity index (χ0v) is 13.8. The van der Waals surface area contributed by atoms with Crippen LogP contribution in [0.25, 0.3) is 0 Å². The molecular weight excluding hydrogens is 276 g/mol. The quantitative estimate of drug-likeness (QED) is 0.865. The van der Waals surface area contributed by atoms with Crippen molar-refractivity contribution < 1.29 is 9.59 Å². The predicted octanol–water partition coefficient (Wildman–Crippen LogP) is 3.54. The zero-order valence-electron chi connectivity index (χ0n) is 13.8. The van der Waals surface area contributed by atoms with E-state index in [9.17, 15) is 9.59 Å². The summed E-state index contributed by atoms with van der Waals surface area (Å²) in [7, 11) is 1.69. The average Bonchev–Trinajstić information content (AvgIpc) is 2.54. The first-order valence-electron chi connectivity index (χ1n) is 8.13. The molecule has 0 bridgehead atoms. The molecule has 1 aromatic carbocycles. The van der Waals surface area contributed by atoms with Gasteiger partial charge in [0.1, 0.15) is 0 Å². The van der Waals surface area contributed by atoms with Crippen molar-refractivity contribution in [2.24, 2.45) is 0 Å². The fraction of sp³-hybridized carbons (Fsp3) is 0.556. The van der Waals surface area contributed by atoms with Crippen molar-refractivity contribution in [3.63, 3.8) is 0 Å². The summed E-state index contributed by atoms with van der Waals surface area (Å²) < 4.78 is 0. The van der Waals surface area contributed by atoms with Gasteiger partial charge in [-0.3, -0.25) is 4.79 Å². The lowest BCUT2D eigenvalue weighted by Gasteiger charge is -2.29. The molecule has 1 aliphatic carbocycles. The standard InChI is InChI=1S/C18H26N2O2/c1-13-9-11-15(12-10-13)17(21)14(2)20(3)18(22)19-16-7-5-4-6-8-16/h9-12,14,16H,4-8H2,1-3H3,(H,19,22). The predicted molar refractivity (Wildman–Crippen MR) is 88.1 cm³/mol. The number of Topliss-reactive ketones (excluding diaryl/α,β-unsaturated/α-hetero) is 1. The third-order valence-electron chi connectivity index (χ3n) is 4.55. The van der Waals surface area contributed by atoms with Crippen molar-refractivity contribution >= 4 is 11.8 Å². The molecule has 0 aromatic heterocycles. The maximum Gasteiger partial charge on any atom is 0.317 e. The molecule has 1 unspecified atom stereocenters. The van der Waals surface area contributed by atoms with Crippen LogP contribution in [-0.4, -0.2) is 35.8 Å². The smallest absolute Gasteiger partial charge is 0.317 e. The van der Waals surface area contributed by atoms with Gasteiger partial charge in [-0.05, 0) is 26.7 Å². The van der Waals surface area contributed by atoms with Crippen LogP contribution >= 0.6 is 0 Å². The van der Waals surface area contributed by atoms with Gasteiger partial charge in [-0.1, -0.05) is 49.1 Å². The highest BCUT2D eigenvalue weighted by molar-refractivity contribution is 6.01. The molecule has 0 radical (unpaired) electrons. The number of rotatable bonds is 4. The summed E-state index contributed by atoms with van der Waals surface area (Å²) in [6.45, 7) is 3.77. The molecule has 1 N–H and O–H groups in total. The number of aryl methyl sites for hydroxylation is 1. The van der Waals surface area contributed by atoms with Gasteiger partial charge in [0.2, 0.25) is 0 Å². The molecule has 2 rings (SSSR count). The number of nitrogens with zero attached hydrogens (tertiary/aromatic N) is 1. The third-order valence-corrected chi connectivity index (χ3v) is 4.55. The molecule has 0 saturated heterocycles. The summed E-state index contributed by atoms with van der Waals surface area (Å²) >= 11 is 0. The molecule has 4 nitrogen and oxygen atoms in total. The Labute approximate surface area is 132 Å². The lowest BCUT2D eigenvalue weighted by Crippen LogP contribution is -2.49. The number of urea groups is 1.